The van der Waals surface area contributed by atoms with Crippen LogP contribution in [0, 0.1) is 13.8 Å². The number of nitrogens with zero attached hydrogens (tertiary/aromatic N) is 4. The second-order valence-electron chi connectivity index (χ2n) is 6.53. The number of aryl methyl sites for hydroxylation is 1. The maximum Gasteiger partial charge on any atom is 0.273 e. The molecule has 2 heterocycles. The van der Waals surface area contributed by atoms with E-state index in [0.29, 0.717) is 12.2 Å². The van der Waals surface area contributed by atoms with Gasteiger partial charge in [0.2, 0.25) is 0 Å². The highest BCUT2D eigenvalue weighted by molar-refractivity contribution is 9.10. The molecule has 1 fully saturated rings. The van der Waals surface area contributed by atoms with Gasteiger partial charge in [-0.3, -0.25) is 4.79 Å². The number of aromatic nitrogens is 3. The van der Waals surface area contributed by atoms with Crippen LogP contribution in [0.3, 0.4) is 0 Å². The van der Waals surface area contributed by atoms with Gasteiger partial charge in [-0.05, 0) is 63.5 Å². The van der Waals surface area contributed by atoms with Crippen LogP contribution in [-0.2, 0) is 0 Å². The summed E-state index contributed by atoms with van der Waals surface area (Å²) in [6.07, 6.45) is 3.84. The Bertz CT molecular complexity index is 752. The van der Waals surface area contributed by atoms with E-state index in [-0.39, 0.29) is 5.91 Å². The SMILES string of the molecule is Cc1cc(-n2nnc(C(=O)NCCN3CCCCC3)c2C)ccc1Br. The molecule has 0 unspecified atom stereocenters. The first-order valence-corrected chi connectivity index (χ1v) is 9.55. The molecule has 1 aliphatic heterocycles. The molecule has 1 N–H and O–H groups in total. The van der Waals surface area contributed by atoms with Crippen molar-refractivity contribution < 1.29 is 4.79 Å². The first-order valence-electron chi connectivity index (χ1n) is 8.75. The molecular weight excluding hydrogens is 382 g/mol. The molecule has 7 heteroatoms. The molecule has 0 bridgehead atoms. The van der Waals surface area contributed by atoms with E-state index in [1.54, 1.807) is 4.68 Å². The van der Waals surface area contributed by atoms with Crippen molar-refractivity contribution in [1.82, 2.24) is 25.2 Å². The molecule has 0 radical (unpaired) electrons. The highest BCUT2D eigenvalue weighted by Gasteiger charge is 2.18. The minimum atomic E-state index is -0.158. The summed E-state index contributed by atoms with van der Waals surface area (Å²) in [6.45, 7) is 7.69. The molecule has 0 aliphatic carbocycles. The van der Waals surface area contributed by atoms with Gasteiger partial charge in [0.1, 0.15) is 0 Å². The Hall–Kier alpha value is -1.73. The van der Waals surface area contributed by atoms with Crippen molar-refractivity contribution in [2.45, 2.75) is 33.1 Å². The second kappa shape index (κ2) is 8.10. The van der Waals surface area contributed by atoms with Crippen LogP contribution in [0.4, 0.5) is 0 Å². The molecule has 6 nitrogen and oxygen atoms in total. The van der Waals surface area contributed by atoms with Crippen LogP contribution in [0.2, 0.25) is 0 Å². The van der Waals surface area contributed by atoms with E-state index in [2.05, 4.69) is 36.5 Å². The summed E-state index contributed by atoms with van der Waals surface area (Å²) in [7, 11) is 0. The Morgan fingerprint density at radius 2 is 2.00 bits per heavy atom. The summed E-state index contributed by atoms with van der Waals surface area (Å²) in [5.74, 6) is -0.158. The molecule has 2 aromatic rings. The van der Waals surface area contributed by atoms with Gasteiger partial charge in [-0.25, -0.2) is 4.68 Å². The van der Waals surface area contributed by atoms with Crippen LogP contribution < -0.4 is 5.32 Å². The third kappa shape index (κ3) is 4.27. The number of amides is 1. The summed E-state index contributed by atoms with van der Waals surface area (Å²) >= 11 is 3.50. The van der Waals surface area contributed by atoms with Gasteiger partial charge >= 0.3 is 0 Å². The number of rotatable bonds is 5. The van der Waals surface area contributed by atoms with Crippen LogP contribution in [0.1, 0.15) is 41.0 Å². The van der Waals surface area contributed by atoms with Crippen molar-refractivity contribution in [1.29, 1.82) is 0 Å². The van der Waals surface area contributed by atoms with E-state index in [1.807, 2.05) is 32.0 Å². The van der Waals surface area contributed by atoms with Crippen LogP contribution in [0.5, 0.6) is 0 Å². The molecule has 1 amide bonds. The highest BCUT2D eigenvalue weighted by atomic mass is 79.9. The fourth-order valence-electron chi connectivity index (χ4n) is 3.14. The molecule has 0 saturated carbocycles. The molecule has 1 saturated heterocycles. The van der Waals surface area contributed by atoms with Crippen LogP contribution in [-0.4, -0.2) is 52.0 Å². The van der Waals surface area contributed by atoms with Crippen LogP contribution >= 0.6 is 15.9 Å². The monoisotopic (exact) mass is 405 g/mol. The topological polar surface area (TPSA) is 63.1 Å². The van der Waals surface area contributed by atoms with Gasteiger partial charge in [0, 0.05) is 17.6 Å². The summed E-state index contributed by atoms with van der Waals surface area (Å²) in [5, 5.41) is 11.2. The fourth-order valence-corrected chi connectivity index (χ4v) is 3.39. The zero-order valence-electron chi connectivity index (χ0n) is 14.8. The molecule has 0 spiro atoms. The Balaban J connectivity index is 1.63. The highest BCUT2D eigenvalue weighted by Crippen LogP contribution is 2.20. The summed E-state index contributed by atoms with van der Waals surface area (Å²) < 4.78 is 2.75. The number of benzene rings is 1. The molecule has 134 valence electrons. The summed E-state index contributed by atoms with van der Waals surface area (Å²) in [4.78, 5) is 14.8. The molecule has 0 atom stereocenters. The molecule has 1 aliphatic rings. The number of likely N-dealkylation sites (tertiary alicyclic amines) is 1. The van der Waals surface area contributed by atoms with E-state index in [0.717, 1.165) is 41.1 Å². The van der Waals surface area contributed by atoms with E-state index >= 15 is 0 Å². The number of hydrogen-bond acceptors (Lipinski definition) is 4. The lowest BCUT2D eigenvalue weighted by atomic mass is 10.1. The number of carbonyl (C=O) groups is 1. The number of carbonyl (C=O) groups excluding carboxylic acids is 1. The lowest BCUT2D eigenvalue weighted by molar-refractivity contribution is 0.0941. The Labute approximate surface area is 156 Å². The largest absolute Gasteiger partial charge is 0.349 e. The minimum Gasteiger partial charge on any atom is -0.349 e. The molecule has 1 aromatic heterocycles. The van der Waals surface area contributed by atoms with Crippen molar-refractivity contribution in [2.24, 2.45) is 0 Å². The normalized spacial score (nSPS) is 15.3. The number of halogens is 1. The van der Waals surface area contributed by atoms with Crippen molar-refractivity contribution in [2.75, 3.05) is 26.2 Å². The van der Waals surface area contributed by atoms with E-state index in [1.165, 1.54) is 19.3 Å². The van der Waals surface area contributed by atoms with Crippen LogP contribution in [0.15, 0.2) is 22.7 Å². The van der Waals surface area contributed by atoms with Crippen molar-refractivity contribution in [3.63, 3.8) is 0 Å². The maximum atomic E-state index is 12.4. The maximum absolute atomic E-state index is 12.4. The number of piperidine rings is 1. The average molecular weight is 406 g/mol. The standard InChI is InChI=1S/C18H24BrN5O/c1-13-12-15(6-7-16(13)19)24-14(2)17(21-22-24)18(25)20-8-11-23-9-4-3-5-10-23/h6-7,12H,3-5,8-11H2,1-2H3,(H,20,25). The number of nitrogens with one attached hydrogen (secondary N) is 1. The fraction of sp³-hybridized carbons (Fsp3) is 0.500. The zero-order valence-corrected chi connectivity index (χ0v) is 16.3. The second-order valence-corrected chi connectivity index (χ2v) is 7.38. The first kappa shape index (κ1) is 18.1. The van der Waals surface area contributed by atoms with E-state index < -0.39 is 0 Å². The van der Waals surface area contributed by atoms with Crippen molar-refractivity contribution in [3.8, 4) is 5.69 Å². The van der Waals surface area contributed by atoms with Crippen LogP contribution in [0.25, 0.3) is 5.69 Å². The van der Waals surface area contributed by atoms with Gasteiger partial charge in [-0.2, -0.15) is 0 Å². The van der Waals surface area contributed by atoms with Gasteiger partial charge < -0.3 is 10.2 Å². The molecule has 3 rings (SSSR count). The van der Waals surface area contributed by atoms with E-state index in [4.69, 9.17) is 0 Å². The zero-order chi connectivity index (χ0) is 17.8. The number of hydrogen-bond donors (Lipinski definition) is 1. The third-order valence-electron chi connectivity index (χ3n) is 4.66. The van der Waals surface area contributed by atoms with Gasteiger partial charge in [-0.15, -0.1) is 5.10 Å². The predicted octanol–water partition coefficient (Wildman–Crippen LogP) is 2.86. The smallest absolute Gasteiger partial charge is 0.273 e. The van der Waals surface area contributed by atoms with Gasteiger partial charge in [0.15, 0.2) is 5.69 Å². The van der Waals surface area contributed by atoms with Crippen molar-refractivity contribution in [3.05, 3.63) is 39.6 Å². The molecular formula is C18H24BrN5O. The Morgan fingerprint density at radius 1 is 1.24 bits per heavy atom. The minimum absolute atomic E-state index is 0.158. The van der Waals surface area contributed by atoms with Gasteiger partial charge in [0.05, 0.1) is 11.4 Å². The first-order chi connectivity index (χ1) is 12.1. The third-order valence-corrected chi connectivity index (χ3v) is 5.55. The lowest BCUT2D eigenvalue weighted by Crippen LogP contribution is -2.37. The predicted molar refractivity (Wildman–Crippen MR) is 101 cm³/mol. The molecule has 1 aromatic carbocycles. The van der Waals surface area contributed by atoms with Gasteiger partial charge in [-0.1, -0.05) is 27.6 Å². The summed E-state index contributed by atoms with van der Waals surface area (Å²) in [5.41, 5.74) is 3.15. The average Bonchev–Trinajstić information content (AvgIpc) is 3.00. The molecule has 25 heavy (non-hydrogen) atoms. The summed E-state index contributed by atoms with van der Waals surface area (Å²) in [6, 6.07) is 5.95. The van der Waals surface area contributed by atoms with E-state index in [9.17, 15) is 4.79 Å². The Kier molecular flexibility index (Phi) is 5.86. The van der Waals surface area contributed by atoms with Crippen molar-refractivity contribution >= 4 is 21.8 Å². The van der Waals surface area contributed by atoms with Gasteiger partial charge in [0.25, 0.3) is 5.91 Å². The quantitative estimate of drug-likeness (QED) is 0.830. The lowest BCUT2D eigenvalue weighted by Gasteiger charge is -2.26. The Morgan fingerprint density at radius 3 is 2.72 bits per heavy atom.